The zero-order chi connectivity index (χ0) is 30.8. The van der Waals surface area contributed by atoms with Crippen LogP contribution in [0.4, 0.5) is 14.6 Å². The summed E-state index contributed by atoms with van der Waals surface area (Å²) in [5.41, 5.74) is -0.516. The quantitative estimate of drug-likeness (QED) is 0.256. The van der Waals surface area contributed by atoms with Crippen molar-refractivity contribution in [1.82, 2.24) is 14.9 Å². The van der Waals surface area contributed by atoms with Crippen LogP contribution < -0.4 is 9.64 Å². The Kier molecular flexibility index (Phi) is 7.07. The van der Waals surface area contributed by atoms with E-state index in [0.29, 0.717) is 65.5 Å². The number of alkyl halides is 1. The fourth-order valence-corrected chi connectivity index (χ4v) is 7.78. The number of aromatic nitrogens is 2. The molecule has 3 aliphatic heterocycles. The van der Waals surface area contributed by atoms with Crippen molar-refractivity contribution in [3.8, 4) is 35.2 Å². The SMILES string of the molecule is C#Cc1cccc2cc(O)cc(-c3c(Cl)cc4c(N5CCC[C@@](C)(O)C5)nc(OC[C@@]56CCCN5C[C@H](F)C6)nc4c3F)c12. The molecule has 2 N–H and O–H groups in total. The van der Waals surface area contributed by atoms with Crippen molar-refractivity contribution in [2.24, 2.45) is 0 Å². The number of aliphatic hydroxyl groups is 1. The predicted molar refractivity (Wildman–Crippen MR) is 168 cm³/mol. The molecule has 3 atom stereocenters. The van der Waals surface area contributed by atoms with Gasteiger partial charge in [-0.15, -0.1) is 6.42 Å². The smallest absolute Gasteiger partial charge is 0.319 e. The van der Waals surface area contributed by atoms with Gasteiger partial charge < -0.3 is 19.8 Å². The van der Waals surface area contributed by atoms with Crippen LogP contribution in [0.1, 0.15) is 44.6 Å². The number of nitrogens with zero attached hydrogens (tertiary/aromatic N) is 4. The normalized spacial score (nSPS) is 25.5. The summed E-state index contributed by atoms with van der Waals surface area (Å²) in [4.78, 5) is 13.3. The van der Waals surface area contributed by atoms with Crippen LogP contribution in [0.25, 0.3) is 32.8 Å². The molecule has 3 saturated heterocycles. The number of phenolic OH excluding ortho intramolecular Hbond substituents is 1. The van der Waals surface area contributed by atoms with E-state index in [1.165, 1.54) is 6.07 Å². The summed E-state index contributed by atoms with van der Waals surface area (Å²) in [5, 5.41) is 23.2. The molecule has 0 spiro atoms. The lowest BCUT2D eigenvalue weighted by molar-refractivity contribution is 0.0447. The lowest BCUT2D eigenvalue weighted by Crippen LogP contribution is -2.46. The maximum absolute atomic E-state index is 16.9. The Hall–Kier alpha value is -3.71. The molecule has 7 nitrogen and oxygen atoms in total. The van der Waals surface area contributed by atoms with Gasteiger partial charge in [0.15, 0.2) is 5.82 Å². The summed E-state index contributed by atoms with van der Waals surface area (Å²) in [7, 11) is 0. The van der Waals surface area contributed by atoms with Gasteiger partial charge in [-0.2, -0.15) is 9.97 Å². The second-order valence-electron chi connectivity index (χ2n) is 12.7. The molecule has 0 unspecified atom stereocenters. The van der Waals surface area contributed by atoms with Crippen LogP contribution >= 0.6 is 11.6 Å². The minimum Gasteiger partial charge on any atom is -0.508 e. The van der Waals surface area contributed by atoms with Gasteiger partial charge in [0.1, 0.15) is 29.9 Å². The van der Waals surface area contributed by atoms with Crippen LogP contribution in [-0.2, 0) is 0 Å². The summed E-state index contributed by atoms with van der Waals surface area (Å²) in [6.45, 7) is 4.01. The van der Waals surface area contributed by atoms with E-state index in [1.54, 1.807) is 37.3 Å². The van der Waals surface area contributed by atoms with Gasteiger partial charge in [0.25, 0.3) is 0 Å². The number of halogens is 3. The van der Waals surface area contributed by atoms with Crippen LogP contribution in [0.15, 0.2) is 36.4 Å². The average molecular weight is 619 g/mol. The number of benzene rings is 3. The maximum atomic E-state index is 16.9. The first-order valence-electron chi connectivity index (χ1n) is 15.0. The number of rotatable bonds is 5. The summed E-state index contributed by atoms with van der Waals surface area (Å²) in [5.74, 6) is 2.28. The van der Waals surface area contributed by atoms with Gasteiger partial charge >= 0.3 is 6.01 Å². The molecule has 1 aromatic heterocycles. The molecule has 0 amide bonds. The number of fused-ring (bicyclic) bond motifs is 3. The molecule has 3 aromatic carbocycles. The van der Waals surface area contributed by atoms with Crippen molar-refractivity contribution >= 4 is 39.1 Å². The van der Waals surface area contributed by atoms with Gasteiger partial charge in [-0.1, -0.05) is 29.7 Å². The zero-order valence-electron chi connectivity index (χ0n) is 24.4. The molecule has 4 heterocycles. The van der Waals surface area contributed by atoms with Crippen LogP contribution in [0.5, 0.6) is 11.8 Å². The highest BCUT2D eigenvalue weighted by Gasteiger charge is 2.49. The summed E-state index contributed by atoms with van der Waals surface area (Å²) >= 11 is 6.85. The first-order valence-corrected chi connectivity index (χ1v) is 15.4. The molecule has 3 fully saturated rings. The van der Waals surface area contributed by atoms with E-state index in [1.807, 2.05) is 4.90 Å². The van der Waals surface area contributed by atoms with E-state index in [-0.39, 0.29) is 41.0 Å². The molecule has 3 aliphatic rings. The van der Waals surface area contributed by atoms with Crippen molar-refractivity contribution < 1.29 is 23.7 Å². The number of terminal acetylenes is 1. The average Bonchev–Trinajstić information content (AvgIpc) is 3.50. The molecule has 0 saturated carbocycles. The predicted octanol–water partition coefficient (Wildman–Crippen LogP) is 6.24. The number of phenols is 1. The van der Waals surface area contributed by atoms with E-state index >= 15 is 4.39 Å². The zero-order valence-corrected chi connectivity index (χ0v) is 25.2. The van der Waals surface area contributed by atoms with Gasteiger partial charge in [0.2, 0.25) is 0 Å². The number of hydrogen-bond donors (Lipinski definition) is 2. The lowest BCUT2D eigenvalue weighted by Gasteiger charge is -2.38. The second-order valence-corrected chi connectivity index (χ2v) is 13.1. The fourth-order valence-electron chi connectivity index (χ4n) is 7.49. The monoisotopic (exact) mass is 618 g/mol. The van der Waals surface area contributed by atoms with E-state index in [0.717, 1.165) is 19.4 Å². The van der Waals surface area contributed by atoms with Gasteiger partial charge in [0.05, 0.1) is 16.2 Å². The lowest BCUT2D eigenvalue weighted by atomic mass is 9.92. The summed E-state index contributed by atoms with van der Waals surface area (Å²) < 4.78 is 37.6. The molecule has 7 rings (SSSR count). The van der Waals surface area contributed by atoms with E-state index < -0.39 is 23.1 Å². The van der Waals surface area contributed by atoms with Crippen LogP contribution in [-0.4, -0.2) is 75.2 Å². The summed E-state index contributed by atoms with van der Waals surface area (Å²) in [6.07, 6.45) is 8.36. The third-order valence-electron chi connectivity index (χ3n) is 9.43. The highest BCUT2D eigenvalue weighted by Crippen LogP contribution is 2.44. The number of piperidine rings is 1. The fraction of sp³-hybridized carbons (Fsp3) is 0.412. The van der Waals surface area contributed by atoms with Crippen LogP contribution in [0, 0.1) is 18.2 Å². The molecular weight excluding hydrogens is 586 g/mol. The van der Waals surface area contributed by atoms with Crippen molar-refractivity contribution in [2.75, 3.05) is 37.7 Å². The molecule has 0 aliphatic carbocycles. The first-order chi connectivity index (χ1) is 21.1. The molecular formula is C34H33ClF2N4O3. The number of hydrogen-bond acceptors (Lipinski definition) is 7. The van der Waals surface area contributed by atoms with Gasteiger partial charge in [-0.05, 0) is 74.4 Å². The van der Waals surface area contributed by atoms with Crippen LogP contribution in [0.2, 0.25) is 5.02 Å². The topological polar surface area (TPSA) is 82.0 Å². The Balaban J connectivity index is 1.41. The van der Waals surface area contributed by atoms with E-state index in [9.17, 15) is 14.6 Å². The van der Waals surface area contributed by atoms with Gasteiger partial charge in [0, 0.05) is 48.0 Å². The van der Waals surface area contributed by atoms with E-state index in [4.69, 9.17) is 27.7 Å². The maximum Gasteiger partial charge on any atom is 0.319 e. The Morgan fingerprint density at radius 1 is 1.18 bits per heavy atom. The second kappa shape index (κ2) is 10.7. The van der Waals surface area contributed by atoms with E-state index in [2.05, 4.69) is 15.8 Å². The largest absolute Gasteiger partial charge is 0.508 e. The standard InChI is InChI=1S/C34H33ClF2N4O3/c1-3-20-7-4-8-21-13-23(42)14-24(27(20)21)28-26(35)15-25-30(29(28)37)38-32(39-31(25)40-11-5-9-33(2,43)18-40)44-19-34-10-6-12-41(34)17-22(36)16-34/h1,4,7-8,13-15,22,42-43H,5-6,9-12,16-19H2,2H3/t22-,33-,34+/m1/s1. The van der Waals surface area contributed by atoms with Crippen molar-refractivity contribution in [3.05, 3.63) is 52.8 Å². The molecule has 0 radical (unpaired) electrons. The number of anilines is 1. The third kappa shape index (κ3) is 4.90. The minimum absolute atomic E-state index is 0.0140. The Morgan fingerprint density at radius 3 is 2.80 bits per heavy atom. The first kappa shape index (κ1) is 29.0. The Bertz CT molecular complexity index is 1840. The molecule has 10 heteroatoms. The molecule has 0 bridgehead atoms. The van der Waals surface area contributed by atoms with Crippen molar-refractivity contribution in [3.63, 3.8) is 0 Å². The highest BCUT2D eigenvalue weighted by atomic mass is 35.5. The van der Waals surface area contributed by atoms with Crippen LogP contribution in [0.3, 0.4) is 0 Å². The van der Waals surface area contributed by atoms with Crippen molar-refractivity contribution in [2.45, 2.75) is 56.3 Å². The Labute approximate surface area is 259 Å². The number of ether oxygens (including phenoxy) is 1. The molecule has 228 valence electrons. The van der Waals surface area contributed by atoms with Gasteiger partial charge in [-0.3, -0.25) is 4.90 Å². The minimum atomic E-state index is -0.964. The number of aromatic hydroxyl groups is 1. The molecule has 4 aromatic rings. The molecule has 44 heavy (non-hydrogen) atoms. The van der Waals surface area contributed by atoms with Gasteiger partial charge in [-0.25, -0.2) is 8.78 Å². The third-order valence-corrected chi connectivity index (χ3v) is 9.73. The number of β-amino-alcohol motifs (C(OH)–C–C–N with tert-alkyl or cyclic N) is 1. The summed E-state index contributed by atoms with van der Waals surface area (Å²) in [6, 6.07) is 9.92. The highest BCUT2D eigenvalue weighted by molar-refractivity contribution is 6.35. The van der Waals surface area contributed by atoms with Crippen molar-refractivity contribution in [1.29, 1.82) is 0 Å². The Morgan fingerprint density at radius 2 is 2.00 bits per heavy atom.